The number of benzene rings is 1. The maximum Gasteiger partial charge on any atom is 0.269 e. The van der Waals surface area contributed by atoms with Gasteiger partial charge in [-0.15, -0.1) is 0 Å². The Kier molecular flexibility index (Phi) is 4.30. The Morgan fingerprint density at radius 1 is 1.26 bits per heavy atom. The second-order valence-corrected chi connectivity index (χ2v) is 5.35. The van der Waals surface area contributed by atoms with Crippen molar-refractivity contribution in [3.05, 3.63) is 40.8 Å². The van der Waals surface area contributed by atoms with Gasteiger partial charge in [0.1, 0.15) is 0 Å². The highest BCUT2D eigenvalue weighted by Crippen LogP contribution is 2.30. The number of aromatic nitrogens is 2. The number of rotatable bonds is 5. The molecule has 1 heterocycles. The van der Waals surface area contributed by atoms with Crippen LogP contribution >= 0.6 is 12.6 Å². The van der Waals surface area contributed by atoms with Crippen molar-refractivity contribution < 1.29 is 0 Å². The predicted molar refractivity (Wildman–Crippen MR) is 82.9 cm³/mol. The van der Waals surface area contributed by atoms with Crippen molar-refractivity contribution in [2.45, 2.75) is 33.2 Å². The molecule has 0 bridgehead atoms. The van der Waals surface area contributed by atoms with Crippen LogP contribution in [-0.4, -0.2) is 15.3 Å². The molecule has 1 aromatic heterocycles. The first-order chi connectivity index (χ1) is 9.15. The maximum atomic E-state index is 12.1. The molecule has 0 spiro atoms. The topological polar surface area (TPSA) is 34.9 Å². The minimum absolute atomic E-state index is 0.0354. The molecular formula is C15H20N2OS. The van der Waals surface area contributed by atoms with Crippen LogP contribution in [0.15, 0.2) is 35.3 Å². The average Bonchev–Trinajstić information content (AvgIpc) is 2.47. The first-order valence-corrected chi connectivity index (χ1v) is 7.34. The smallest absolute Gasteiger partial charge is 0.269 e. The van der Waals surface area contributed by atoms with E-state index in [1.54, 1.807) is 0 Å². The summed E-state index contributed by atoms with van der Waals surface area (Å²) in [6.45, 7) is 5.02. The van der Waals surface area contributed by atoms with E-state index in [2.05, 4.69) is 31.5 Å². The maximum absolute atomic E-state index is 12.1. The molecule has 4 heteroatoms. The van der Waals surface area contributed by atoms with Crippen LogP contribution in [0.5, 0.6) is 0 Å². The van der Waals surface area contributed by atoms with Crippen LogP contribution in [-0.2, 0) is 6.54 Å². The Morgan fingerprint density at radius 3 is 2.58 bits per heavy atom. The second kappa shape index (κ2) is 5.78. The molecule has 3 nitrogen and oxygen atoms in total. The van der Waals surface area contributed by atoms with Crippen molar-refractivity contribution in [2.24, 2.45) is 5.41 Å². The monoisotopic (exact) mass is 276 g/mol. The van der Waals surface area contributed by atoms with Crippen LogP contribution in [0.3, 0.4) is 0 Å². The molecule has 0 saturated heterocycles. The van der Waals surface area contributed by atoms with Crippen molar-refractivity contribution in [3.8, 4) is 0 Å². The minimum Gasteiger partial charge on any atom is -0.305 e. The molecule has 102 valence electrons. The van der Waals surface area contributed by atoms with E-state index >= 15 is 0 Å². The van der Waals surface area contributed by atoms with Gasteiger partial charge in [-0.05, 0) is 36.1 Å². The van der Waals surface area contributed by atoms with Crippen molar-refractivity contribution >= 4 is 23.7 Å². The lowest BCUT2D eigenvalue weighted by molar-refractivity contribution is 0.258. The summed E-state index contributed by atoms with van der Waals surface area (Å²) in [5, 5.41) is 0. The Labute approximate surface area is 119 Å². The van der Waals surface area contributed by atoms with Crippen LogP contribution in [0.1, 0.15) is 26.7 Å². The molecule has 0 aliphatic heterocycles. The van der Waals surface area contributed by atoms with Crippen molar-refractivity contribution in [3.63, 3.8) is 0 Å². The number of para-hydroxylation sites is 2. The highest BCUT2D eigenvalue weighted by atomic mass is 32.1. The van der Waals surface area contributed by atoms with Gasteiger partial charge in [-0.1, -0.05) is 26.0 Å². The quantitative estimate of drug-likeness (QED) is 0.851. The largest absolute Gasteiger partial charge is 0.305 e. The fraction of sp³-hybridized carbons (Fsp3) is 0.467. The molecule has 0 saturated carbocycles. The van der Waals surface area contributed by atoms with Gasteiger partial charge in [-0.25, -0.2) is 4.98 Å². The highest BCUT2D eigenvalue weighted by molar-refractivity contribution is 7.80. The zero-order chi connectivity index (χ0) is 13.9. The van der Waals surface area contributed by atoms with E-state index in [1.807, 2.05) is 28.8 Å². The van der Waals surface area contributed by atoms with Crippen LogP contribution in [0, 0.1) is 5.41 Å². The summed E-state index contributed by atoms with van der Waals surface area (Å²) >= 11 is 4.49. The summed E-state index contributed by atoms with van der Waals surface area (Å²) in [4.78, 5) is 16.3. The van der Waals surface area contributed by atoms with Crippen LogP contribution < -0.4 is 5.56 Å². The van der Waals surface area contributed by atoms with Gasteiger partial charge in [0.05, 0.1) is 17.2 Å². The summed E-state index contributed by atoms with van der Waals surface area (Å²) < 4.78 is 1.84. The first-order valence-electron chi connectivity index (χ1n) is 6.71. The third-order valence-corrected chi connectivity index (χ3v) is 4.75. The van der Waals surface area contributed by atoms with Gasteiger partial charge < -0.3 is 4.57 Å². The number of nitrogens with zero attached hydrogens (tertiary/aromatic N) is 2. The third-order valence-electron chi connectivity index (χ3n) is 4.08. The third kappa shape index (κ3) is 2.68. The van der Waals surface area contributed by atoms with Crippen molar-refractivity contribution in [1.82, 2.24) is 9.55 Å². The summed E-state index contributed by atoms with van der Waals surface area (Å²) in [5.74, 6) is 0.781. The highest BCUT2D eigenvalue weighted by Gasteiger charge is 2.26. The van der Waals surface area contributed by atoms with E-state index < -0.39 is 0 Å². The molecule has 2 rings (SSSR count). The van der Waals surface area contributed by atoms with E-state index in [4.69, 9.17) is 0 Å². The Hall–Kier alpha value is -1.29. The molecule has 0 fully saturated rings. The Morgan fingerprint density at radius 2 is 1.95 bits per heavy atom. The lowest BCUT2D eigenvalue weighted by atomic mass is 9.84. The molecule has 2 aromatic rings. The second-order valence-electron chi connectivity index (χ2n) is 5.04. The Balaban J connectivity index is 2.56. The van der Waals surface area contributed by atoms with Gasteiger partial charge in [0.25, 0.3) is 5.56 Å². The normalized spacial score (nSPS) is 11.9. The Bertz CT molecular complexity index is 609. The van der Waals surface area contributed by atoms with E-state index in [-0.39, 0.29) is 11.0 Å². The van der Waals surface area contributed by atoms with Crippen LogP contribution in [0.4, 0.5) is 0 Å². The van der Waals surface area contributed by atoms with Gasteiger partial charge in [0.15, 0.2) is 0 Å². The molecule has 0 aliphatic rings. The lowest BCUT2D eigenvalue weighted by Gasteiger charge is -2.31. The molecule has 0 N–H and O–H groups in total. The first kappa shape index (κ1) is 14.1. The summed E-state index contributed by atoms with van der Waals surface area (Å²) in [7, 11) is 0. The zero-order valence-electron chi connectivity index (χ0n) is 11.5. The summed E-state index contributed by atoms with van der Waals surface area (Å²) in [5.41, 5.74) is 1.80. The fourth-order valence-corrected chi connectivity index (χ4v) is 2.91. The molecule has 1 aromatic carbocycles. The average molecular weight is 276 g/mol. The molecule has 0 unspecified atom stereocenters. The summed E-state index contributed by atoms with van der Waals surface area (Å²) in [6.07, 6.45) is 3.43. The van der Waals surface area contributed by atoms with Gasteiger partial charge >= 0.3 is 0 Å². The molecule has 0 atom stereocenters. The van der Waals surface area contributed by atoms with Crippen molar-refractivity contribution in [1.29, 1.82) is 0 Å². The number of fused-ring (bicyclic) bond motifs is 1. The number of hydrogen-bond donors (Lipinski definition) is 1. The van der Waals surface area contributed by atoms with Crippen molar-refractivity contribution in [2.75, 3.05) is 5.75 Å². The zero-order valence-corrected chi connectivity index (χ0v) is 12.4. The van der Waals surface area contributed by atoms with Crippen LogP contribution in [0.25, 0.3) is 11.0 Å². The van der Waals surface area contributed by atoms with Gasteiger partial charge in [0, 0.05) is 6.54 Å². The van der Waals surface area contributed by atoms with Gasteiger partial charge in [0.2, 0.25) is 0 Å². The SMILES string of the molecule is CCC(CC)(CS)Cn1c(=O)cnc2ccccc21. The van der Waals surface area contributed by atoms with Crippen LogP contribution in [0.2, 0.25) is 0 Å². The number of hydrogen-bond acceptors (Lipinski definition) is 3. The standard InChI is InChI=1S/C15H20N2OS/c1-3-15(4-2,11-19)10-17-13-8-6-5-7-12(13)16-9-14(17)18/h5-9,19H,3-4,10-11H2,1-2H3. The number of thiol groups is 1. The van der Waals surface area contributed by atoms with E-state index in [0.717, 1.165) is 29.6 Å². The van der Waals surface area contributed by atoms with E-state index in [0.29, 0.717) is 6.54 Å². The van der Waals surface area contributed by atoms with E-state index in [1.165, 1.54) is 6.20 Å². The molecule has 0 amide bonds. The predicted octanol–water partition coefficient (Wildman–Crippen LogP) is 3.13. The minimum atomic E-state index is -0.0354. The molecule has 0 aliphatic carbocycles. The molecule has 0 radical (unpaired) electrons. The lowest BCUT2D eigenvalue weighted by Crippen LogP contribution is -2.33. The van der Waals surface area contributed by atoms with Gasteiger partial charge in [-0.3, -0.25) is 4.79 Å². The summed E-state index contributed by atoms with van der Waals surface area (Å²) in [6, 6.07) is 7.78. The van der Waals surface area contributed by atoms with Gasteiger partial charge in [-0.2, -0.15) is 12.6 Å². The molecular weight excluding hydrogens is 256 g/mol. The van der Waals surface area contributed by atoms with E-state index in [9.17, 15) is 4.79 Å². The molecule has 19 heavy (non-hydrogen) atoms. The fourth-order valence-electron chi connectivity index (χ4n) is 2.36.